The number of primary amides is 1. The average molecular weight is 352 g/mol. The third-order valence-electron chi connectivity index (χ3n) is 4.41. The molecule has 1 aromatic carbocycles. The van der Waals surface area contributed by atoms with Crippen LogP contribution in [-0.4, -0.2) is 36.9 Å². The van der Waals surface area contributed by atoms with E-state index in [9.17, 15) is 4.79 Å². The summed E-state index contributed by atoms with van der Waals surface area (Å²) in [6, 6.07) is 13.7. The molecule has 1 aliphatic heterocycles. The number of nitrogens with zero attached hydrogens (tertiary/aromatic N) is 2. The van der Waals surface area contributed by atoms with E-state index in [1.165, 1.54) is 11.1 Å². The minimum absolute atomic E-state index is 0.172. The SMILES string of the molecule is CN=C(NCc1ccc(C(N)=O)o1)N1CCC(=Cc2ccccc2)CC1. The number of nitrogens with two attached hydrogens (primary N) is 1. The molecular weight excluding hydrogens is 328 g/mol. The minimum Gasteiger partial charge on any atom is -0.454 e. The van der Waals surface area contributed by atoms with E-state index in [4.69, 9.17) is 10.2 Å². The van der Waals surface area contributed by atoms with Crippen LogP contribution in [0.25, 0.3) is 6.08 Å². The summed E-state index contributed by atoms with van der Waals surface area (Å²) >= 11 is 0. The number of piperidine rings is 1. The van der Waals surface area contributed by atoms with Crippen molar-refractivity contribution in [1.29, 1.82) is 0 Å². The van der Waals surface area contributed by atoms with E-state index in [0.717, 1.165) is 31.9 Å². The van der Waals surface area contributed by atoms with Crippen LogP contribution in [0.2, 0.25) is 0 Å². The zero-order chi connectivity index (χ0) is 18.4. The molecule has 1 fully saturated rings. The lowest BCUT2D eigenvalue weighted by Crippen LogP contribution is -2.44. The molecule has 0 radical (unpaired) electrons. The van der Waals surface area contributed by atoms with Gasteiger partial charge >= 0.3 is 0 Å². The molecule has 0 atom stereocenters. The van der Waals surface area contributed by atoms with E-state index < -0.39 is 5.91 Å². The molecule has 0 bridgehead atoms. The van der Waals surface area contributed by atoms with Gasteiger partial charge in [0, 0.05) is 20.1 Å². The molecule has 136 valence electrons. The van der Waals surface area contributed by atoms with Gasteiger partial charge < -0.3 is 20.4 Å². The van der Waals surface area contributed by atoms with Gasteiger partial charge in [-0.2, -0.15) is 0 Å². The number of aliphatic imine (C=N–C) groups is 1. The Morgan fingerprint density at radius 2 is 1.96 bits per heavy atom. The van der Waals surface area contributed by atoms with E-state index in [0.29, 0.717) is 12.3 Å². The number of guanidine groups is 1. The van der Waals surface area contributed by atoms with Gasteiger partial charge in [0.25, 0.3) is 5.91 Å². The Morgan fingerprint density at radius 3 is 2.58 bits per heavy atom. The molecule has 0 saturated carbocycles. The second-order valence-electron chi connectivity index (χ2n) is 6.23. The minimum atomic E-state index is -0.561. The predicted molar refractivity (Wildman–Crippen MR) is 103 cm³/mol. The Balaban J connectivity index is 1.53. The van der Waals surface area contributed by atoms with Gasteiger partial charge in [-0.1, -0.05) is 42.0 Å². The maximum Gasteiger partial charge on any atom is 0.284 e. The molecule has 0 unspecified atom stereocenters. The van der Waals surface area contributed by atoms with E-state index in [1.54, 1.807) is 19.2 Å². The number of likely N-dealkylation sites (tertiary alicyclic amines) is 1. The first kappa shape index (κ1) is 17.8. The number of carbonyl (C=O) groups is 1. The maximum atomic E-state index is 11.1. The van der Waals surface area contributed by atoms with Crippen molar-refractivity contribution in [2.45, 2.75) is 19.4 Å². The normalized spacial score (nSPS) is 15.0. The fourth-order valence-corrected chi connectivity index (χ4v) is 3.04. The number of hydrogen-bond acceptors (Lipinski definition) is 3. The molecular formula is C20H24N4O2. The first-order valence-corrected chi connectivity index (χ1v) is 8.74. The summed E-state index contributed by atoms with van der Waals surface area (Å²) in [6.07, 6.45) is 4.31. The van der Waals surface area contributed by atoms with Crippen molar-refractivity contribution >= 4 is 17.9 Å². The highest BCUT2D eigenvalue weighted by Crippen LogP contribution is 2.19. The molecule has 6 heteroatoms. The van der Waals surface area contributed by atoms with Crippen LogP contribution in [0.4, 0.5) is 0 Å². The second-order valence-corrected chi connectivity index (χ2v) is 6.23. The summed E-state index contributed by atoms with van der Waals surface area (Å²) in [5.41, 5.74) is 7.91. The van der Waals surface area contributed by atoms with Gasteiger partial charge in [-0.15, -0.1) is 0 Å². The fourth-order valence-electron chi connectivity index (χ4n) is 3.04. The molecule has 26 heavy (non-hydrogen) atoms. The van der Waals surface area contributed by atoms with Gasteiger partial charge in [-0.25, -0.2) is 0 Å². The first-order valence-electron chi connectivity index (χ1n) is 8.74. The first-order chi connectivity index (χ1) is 12.7. The fraction of sp³-hybridized carbons (Fsp3) is 0.300. The van der Waals surface area contributed by atoms with Crippen LogP contribution in [0, 0.1) is 0 Å². The van der Waals surface area contributed by atoms with Crippen LogP contribution in [0.5, 0.6) is 0 Å². The van der Waals surface area contributed by atoms with Crippen LogP contribution in [0.3, 0.4) is 0 Å². The van der Waals surface area contributed by atoms with Crippen molar-refractivity contribution < 1.29 is 9.21 Å². The number of amides is 1. The number of nitrogens with one attached hydrogen (secondary N) is 1. The number of rotatable bonds is 4. The summed E-state index contributed by atoms with van der Waals surface area (Å²) in [6.45, 7) is 2.30. The Kier molecular flexibility index (Phi) is 5.73. The molecule has 0 aliphatic carbocycles. The summed E-state index contributed by atoms with van der Waals surface area (Å²) in [7, 11) is 1.77. The van der Waals surface area contributed by atoms with E-state index in [1.807, 2.05) is 6.07 Å². The van der Waals surface area contributed by atoms with Crippen molar-refractivity contribution in [2.75, 3.05) is 20.1 Å². The number of hydrogen-bond donors (Lipinski definition) is 2. The predicted octanol–water partition coefficient (Wildman–Crippen LogP) is 2.63. The van der Waals surface area contributed by atoms with Crippen LogP contribution in [0.1, 0.15) is 34.7 Å². The molecule has 2 heterocycles. The second kappa shape index (κ2) is 8.38. The molecule has 1 amide bonds. The zero-order valence-corrected chi connectivity index (χ0v) is 14.9. The molecule has 2 aromatic rings. The highest BCUT2D eigenvalue weighted by atomic mass is 16.3. The monoisotopic (exact) mass is 352 g/mol. The molecule has 6 nitrogen and oxygen atoms in total. The van der Waals surface area contributed by atoms with E-state index in [-0.39, 0.29) is 5.76 Å². The lowest BCUT2D eigenvalue weighted by Gasteiger charge is -2.31. The van der Waals surface area contributed by atoms with Gasteiger partial charge in [0.2, 0.25) is 0 Å². The molecule has 1 aromatic heterocycles. The van der Waals surface area contributed by atoms with Crippen LogP contribution in [0.15, 0.2) is 57.4 Å². The highest BCUT2D eigenvalue weighted by Gasteiger charge is 2.17. The Labute approximate surface area is 153 Å². The third-order valence-corrected chi connectivity index (χ3v) is 4.41. The van der Waals surface area contributed by atoms with Gasteiger partial charge in [0.1, 0.15) is 5.76 Å². The van der Waals surface area contributed by atoms with Crippen molar-refractivity contribution in [1.82, 2.24) is 10.2 Å². The third kappa shape index (κ3) is 4.53. The van der Waals surface area contributed by atoms with Gasteiger partial charge in [0.05, 0.1) is 6.54 Å². The topological polar surface area (TPSA) is 83.9 Å². The molecule has 3 rings (SSSR count). The largest absolute Gasteiger partial charge is 0.454 e. The Hall–Kier alpha value is -3.02. The number of benzene rings is 1. The molecule has 3 N–H and O–H groups in total. The average Bonchev–Trinajstić information content (AvgIpc) is 3.14. The number of furan rings is 1. The molecule has 0 spiro atoms. The van der Waals surface area contributed by atoms with Crippen LogP contribution < -0.4 is 11.1 Å². The Morgan fingerprint density at radius 1 is 1.23 bits per heavy atom. The van der Waals surface area contributed by atoms with Gasteiger partial charge in [-0.05, 0) is 30.5 Å². The van der Waals surface area contributed by atoms with E-state index in [2.05, 4.69) is 45.6 Å². The standard InChI is InChI=1S/C20H24N4O2/c1-22-20(23-14-17-7-8-18(26-17)19(21)25)24-11-9-16(10-12-24)13-15-5-3-2-4-6-15/h2-8,13H,9-12,14H2,1H3,(H2,21,25)(H,22,23). The van der Waals surface area contributed by atoms with Crippen molar-refractivity contribution in [3.63, 3.8) is 0 Å². The van der Waals surface area contributed by atoms with Gasteiger partial charge in [0.15, 0.2) is 11.7 Å². The molecule has 1 aliphatic rings. The lowest BCUT2D eigenvalue weighted by molar-refractivity contribution is 0.0972. The van der Waals surface area contributed by atoms with Crippen molar-refractivity contribution in [2.24, 2.45) is 10.7 Å². The van der Waals surface area contributed by atoms with Gasteiger partial charge in [-0.3, -0.25) is 9.79 Å². The summed E-state index contributed by atoms with van der Waals surface area (Å²) < 4.78 is 5.39. The Bertz CT molecular complexity index is 798. The zero-order valence-electron chi connectivity index (χ0n) is 14.9. The lowest BCUT2D eigenvalue weighted by atomic mass is 10.0. The maximum absolute atomic E-state index is 11.1. The number of carbonyl (C=O) groups excluding carboxylic acids is 1. The summed E-state index contributed by atoms with van der Waals surface area (Å²) in [5, 5.41) is 3.28. The summed E-state index contributed by atoms with van der Waals surface area (Å²) in [5.74, 6) is 1.10. The van der Waals surface area contributed by atoms with Crippen molar-refractivity contribution in [3.05, 3.63) is 65.1 Å². The van der Waals surface area contributed by atoms with E-state index >= 15 is 0 Å². The van der Waals surface area contributed by atoms with Crippen LogP contribution in [-0.2, 0) is 6.54 Å². The van der Waals surface area contributed by atoms with Crippen molar-refractivity contribution in [3.8, 4) is 0 Å². The smallest absolute Gasteiger partial charge is 0.284 e. The summed E-state index contributed by atoms with van der Waals surface area (Å²) in [4.78, 5) is 17.7. The molecule has 1 saturated heterocycles. The highest BCUT2D eigenvalue weighted by molar-refractivity contribution is 5.89. The van der Waals surface area contributed by atoms with Crippen LogP contribution >= 0.6 is 0 Å². The quantitative estimate of drug-likeness (QED) is 0.654.